The molecule has 2 nitrogen and oxygen atoms in total. The second-order valence-corrected chi connectivity index (χ2v) is 4.92. The largest absolute Gasteiger partial charge is 0.396 e. The molecule has 4 heteroatoms. The molecule has 0 spiro atoms. The van der Waals surface area contributed by atoms with Gasteiger partial charge in [-0.05, 0) is 11.4 Å². The third-order valence-corrected chi connectivity index (χ3v) is 3.55. The van der Waals surface area contributed by atoms with Gasteiger partial charge in [0.1, 0.15) is 0 Å². The standard InChI is InChI=1S/C9H14O2S2/c10-3-5-12-7-8(11)6-9-2-1-4-13-9/h1-2,4,8,10-11H,3,5-7H2. The fourth-order valence-corrected chi connectivity index (χ4v) is 2.47. The van der Waals surface area contributed by atoms with E-state index in [0.29, 0.717) is 11.5 Å². The maximum absolute atomic E-state index is 9.55. The Bertz CT molecular complexity index is 211. The van der Waals surface area contributed by atoms with Gasteiger partial charge in [-0.15, -0.1) is 11.3 Å². The molecular weight excluding hydrogens is 204 g/mol. The molecule has 0 saturated heterocycles. The Kier molecular flexibility index (Phi) is 5.46. The third kappa shape index (κ3) is 4.67. The summed E-state index contributed by atoms with van der Waals surface area (Å²) in [6, 6.07) is 4.03. The summed E-state index contributed by atoms with van der Waals surface area (Å²) in [5.74, 6) is 1.42. The molecule has 1 aromatic rings. The van der Waals surface area contributed by atoms with E-state index in [0.717, 1.165) is 6.42 Å². The first-order chi connectivity index (χ1) is 6.33. The highest BCUT2D eigenvalue weighted by molar-refractivity contribution is 7.99. The van der Waals surface area contributed by atoms with Crippen molar-refractivity contribution < 1.29 is 10.2 Å². The highest BCUT2D eigenvalue weighted by Crippen LogP contribution is 2.13. The van der Waals surface area contributed by atoms with E-state index in [1.165, 1.54) is 4.88 Å². The second-order valence-electron chi connectivity index (χ2n) is 2.74. The van der Waals surface area contributed by atoms with Crippen molar-refractivity contribution in [3.63, 3.8) is 0 Å². The lowest BCUT2D eigenvalue weighted by Gasteiger charge is -2.07. The molecule has 1 aromatic heterocycles. The minimum Gasteiger partial charge on any atom is -0.396 e. The molecule has 13 heavy (non-hydrogen) atoms. The van der Waals surface area contributed by atoms with Crippen LogP contribution >= 0.6 is 23.1 Å². The van der Waals surface area contributed by atoms with Gasteiger partial charge in [-0.1, -0.05) is 6.07 Å². The normalized spacial score (nSPS) is 13.1. The maximum Gasteiger partial charge on any atom is 0.0678 e. The Morgan fingerprint density at radius 1 is 1.54 bits per heavy atom. The molecule has 1 heterocycles. The van der Waals surface area contributed by atoms with E-state index < -0.39 is 0 Å². The number of thioether (sulfide) groups is 1. The number of aliphatic hydroxyl groups excluding tert-OH is 2. The highest BCUT2D eigenvalue weighted by Gasteiger charge is 2.05. The number of thiophene rings is 1. The third-order valence-electron chi connectivity index (χ3n) is 1.56. The van der Waals surface area contributed by atoms with Crippen LogP contribution in [0.15, 0.2) is 17.5 Å². The smallest absolute Gasteiger partial charge is 0.0678 e. The highest BCUT2D eigenvalue weighted by atomic mass is 32.2. The van der Waals surface area contributed by atoms with Crippen LogP contribution in [0.5, 0.6) is 0 Å². The van der Waals surface area contributed by atoms with Crippen molar-refractivity contribution >= 4 is 23.1 Å². The molecule has 0 amide bonds. The summed E-state index contributed by atoms with van der Waals surface area (Å²) >= 11 is 3.26. The van der Waals surface area contributed by atoms with Gasteiger partial charge in [0, 0.05) is 22.8 Å². The summed E-state index contributed by atoms with van der Waals surface area (Å²) in [6.07, 6.45) is 0.450. The van der Waals surface area contributed by atoms with E-state index in [1.54, 1.807) is 23.1 Å². The van der Waals surface area contributed by atoms with Gasteiger partial charge in [-0.2, -0.15) is 11.8 Å². The van der Waals surface area contributed by atoms with Gasteiger partial charge in [0.15, 0.2) is 0 Å². The Morgan fingerprint density at radius 3 is 3.00 bits per heavy atom. The number of hydrogen-bond acceptors (Lipinski definition) is 4. The molecule has 1 rings (SSSR count). The van der Waals surface area contributed by atoms with Crippen LogP contribution in [0.4, 0.5) is 0 Å². The van der Waals surface area contributed by atoms with Crippen molar-refractivity contribution in [3.8, 4) is 0 Å². The van der Waals surface area contributed by atoms with E-state index in [-0.39, 0.29) is 12.7 Å². The zero-order chi connectivity index (χ0) is 9.52. The van der Waals surface area contributed by atoms with Crippen LogP contribution in [0, 0.1) is 0 Å². The molecule has 0 fully saturated rings. The lowest BCUT2D eigenvalue weighted by Crippen LogP contribution is -2.13. The van der Waals surface area contributed by atoms with E-state index in [9.17, 15) is 5.11 Å². The van der Waals surface area contributed by atoms with Gasteiger partial charge in [0.25, 0.3) is 0 Å². The van der Waals surface area contributed by atoms with Crippen LogP contribution in [0.1, 0.15) is 4.88 Å². The van der Waals surface area contributed by atoms with Crippen LogP contribution in [0.2, 0.25) is 0 Å². The molecule has 0 radical (unpaired) electrons. The first-order valence-electron chi connectivity index (χ1n) is 4.22. The van der Waals surface area contributed by atoms with Gasteiger partial charge in [0.05, 0.1) is 12.7 Å². The quantitative estimate of drug-likeness (QED) is 0.709. The minimum absolute atomic E-state index is 0.191. The van der Waals surface area contributed by atoms with E-state index in [2.05, 4.69) is 0 Å². The molecule has 2 N–H and O–H groups in total. The average molecular weight is 218 g/mol. The van der Waals surface area contributed by atoms with Gasteiger partial charge in [0.2, 0.25) is 0 Å². The van der Waals surface area contributed by atoms with Crippen molar-refractivity contribution in [2.24, 2.45) is 0 Å². The average Bonchev–Trinajstić information content (AvgIpc) is 2.57. The molecule has 0 saturated carbocycles. The van der Waals surface area contributed by atoms with Crippen molar-refractivity contribution in [2.75, 3.05) is 18.1 Å². The molecule has 0 aliphatic heterocycles. The summed E-state index contributed by atoms with van der Waals surface area (Å²) in [5, 5.41) is 20.1. The Morgan fingerprint density at radius 2 is 2.38 bits per heavy atom. The SMILES string of the molecule is OCCSCC(O)Cc1cccs1. The molecule has 74 valence electrons. The van der Waals surface area contributed by atoms with Gasteiger partial charge >= 0.3 is 0 Å². The molecule has 0 aliphatic carbocycles. The fourth-order valence-electron chi connectivity index (χ4n) is 1.00. The van der Waals surface area contributed by atoms with Crippen LogP contribution in [-0.4, -0.2) is 34.4 Å². The molecule has 0 aliphatic rings. The number of hydrogen-bond donors (Lipinski definition) is 2. The lowest BCUT2D eigenvalue weighted by atomic mass is 10.2. The van der Waals surface area contributed by atoms with Crippen LogP contribution in [0.25, 0.3) is 0 Å². The molecule has 0 aromatic carbocycles. The topological polar surface area (TPSA) is 40.5 Å². The van der Waals surface area contributed by atoms with E-state index in [1.807, 2.05) is 17.5 Å². The van der Waals surface area contributed by atoms with Gasteiger partial charge in [-0.3, -0.25) is 0 Å². The van der Waals surface area contributed by atoms with E-state index in [4.69, 9.17) is 5.11 Å². The minimum atomic E-state index is -0.282. The summed E-state index contributed by atoms with van der Waals surface area (Å²) in [7, 11) is 0. The summed E-state index contributed by atoms with van der Waals surface area (Å²) < 4.78 is 0. The fraction of sp³-hybridized carbons (Fsp3) is 0.556. The van der Waals surface area contributed by atoms with Gasteiger partial charge < -0.3 is 10.2 Å². The summed E-state index contributed by atoms with van der Waals surface area (Å²) in [6.45, 7) is 0.191. The van der Waals surface area contributed by atoms with Crippen molar-refractivity contribution in [2.45, 2.75) is 12.5 Å². The van der Waals surface area contributed by atoms with E-state index >= 15 is 0 Å². The molecular formula is C9H14O2S2. The first-order valence-corrected chi connectivity index (χ1v) is 6.25. The molecule has 0 bridgehead atoms. The zero-order valence-corrected chi connectivity index (χ0v) is 8.98. The predicted octanol–water partition coefficient (Wildman–Crippen LogP) is 1.38. The summed E-state index contributed by atoms with van der Waals surface area (Å²) in [4.78, 5) is 1.22. The number of aliphatic hydroxyl groups is 2. The van der Waals surface area contributed by atoms with Crippen LogP contribution in [0.3, 0.4) is 0 Å². The van der Waals surface area contributed by atoms with Crippen molar-refractivity contribution in [1.29, 1.82) is 0 Å². The predicted molar refractivity (Wildman–Crippen MR) is 58.4 cm³/mol. The lowest BCUT2D eigenvalue weighted by molar-refractivity contribution is 0.201. The monoisotopic (exact) mass is 218 g/mol. The number of rotatable bonds is 6. The van der Waals surface area contributed by atoms with Crippen LogP contribution < -0.4 is 0 Å². The molecule has 1 unspecified atom stereocenters. The Hall–Kier alpha value is -0.0300. The molecule has 1 atom stereocenters. The maximum atomic E-state index is 9.55. The second kappa shape index (κ2) is 6.43. The first kappa shape index (κ1) is 11.0. The van der Waals surface area contributed by atoms with Crippen LogP contribution in [-0.2, 0) is 6.42 Å². The Balaban J connectivity index is 2.14. The summed E-state index contributed by atoms with van der Waals surface area (Å²) in [5.41, 5.74) is 0. The van der Waals surface area contributed by atoms with Crippen molar-refractivity contribution in [1.82, 2.24) is 0 Å². The van der Waals surface area contributed by atoms with Gasteiger partial charge in [-0.25, -0.2) is 0 Å². The Labute approximate surface area is 86.6 Å². The van der Waals surface area contributed by atoms with Crippen molar-refractivity contribution in [3.05, 3.63) is 22.4 Å². The zero-order valence-electron chi connectivity index (χ0n) is 7.35.